The van der Waals surface area contributed by atoms with E-state index in [1.807, 2.05) is 12.1 Å². The third kappa shape index (κ3) is 3.52. The molecule has 1 N–H and O–H groups in total. The number of nitrogens with zero attached hydrogens (tertiary/aromatic N) is 1. The Morgan fingerprint density at radius 3 is 2.60 bits per heavy atom. The fraction of sp³-hybridized carbons (Fsp3) is 0.571. The fourth-order valence-electron chi connectivity index (χ4n) is 2.35. The van der Waals surface area contributed by atoms with Crippen LogP contribution in [-0.2, 0) is 10.0 Å². The van der Waals surface area contributed by atoms with Gasteiger partial charge in [-0.25, -0.2) is 8.42 Å². The van der Waals surface area contributed by atoms with Gasteiger partial charge in [0.15, 0.2) is 0 Å². The summed E-state index contributed by atoms with van der Waals surface area (Å²) in [6.07, 6.45) is 0.875. The van der Waals surface area contributed by atoms with Crippen molar-refractivity contribution in [3.05, 3.63) is 29.8 Å². The Bertz CT molecular complexity index is 540. The lowest BCUT2D eigenvalue weighted by Crippen LogP contribution is -2.38. The first-order chi connectivity index (χ1) is 8.93. The third-order valence-corrected chi connectivity index (χ3v) is 5.66. The number of benzene rings is 1. The quantitative estimate of drug-likeness (QED) is 0.926. The summed E-state index contributed by atoms with van der Waals surface area (Å²) < 4.78 is 26.7. The second-order valence-corrected chi connectivity index (χ2v) is 7.39. The van der Waals surface area contributed by atoms with Crippen molar-refractivity contribution in [1.29, 1.82) is 0 Å². The Labute approximate surface area is 128 Å². The molecule has 1 aliphatic rings. The smallest absolute Gasteiger partial charge is 0.243 e. The van der Waals surface area contributed by atoms with Crippen LogP contribution in [0.25, 0.3) is 0 Å². The maximum atomic E-state index is 12.6. The highest BCUT2D eigenvalue weighted by molar-refractivity contribution is 7.89. The van der Waals surface area contributed by atoms with E-state index in [0.29, 0.717) is 10.8 Å². The number of nitrogens with one attached hydrogen (secondary N) is 1. The van der Waals surface area contributed by atoms with E-state index in [-0.39, 0.29) is 18.4 Å². The first-order valence-corrected chi connectivity index (χ1v) is 8.15. The molecule has 20 heavy (non-hydrogen) atoms. The largest absolute Gasteiger partial charge is 0.315 e. The highest BCUT2D eigenvalue weighted by atomic mass is 35.5. The zero-order valence-electron chi connectivity index (χ0n) is 12.2. The number of halogens is 1. The number of hydrogen-bond acceptors (Lipinski definition) is 3. The molecule has 0 radical (unpaired) electrons. The van der Waals surface area contributed by atoms with E-state index in [1.54, 1.807) is 19.2 Å². The van der Waals surface area contributed by atoms with Gasteiger partial charge in [0.25, 0.3) is 0 Å². The lowest BCUT2D eigenvalue weighted by molar-refractivity contribution is 0.387. The van der Waals surface area contributed by atoms with Gasteiger partial charge in [0.05, 0.1) is 4.90 Å². The monoisotopic (exact) mass is 318 g/mol. The van der Waals surface area contributed by atoms with Crippen LogP contribution in [0.15, 0.2) is 29.2 Å². The summed E-state index contributed by atoms with van der Waals surface area (Å²) in [5.41, 5.74) is 1.05. The Kier molecular flexibility index (Phi) is 6.01. The molecule has 4 nitrogen and oxygen atoms in total. The Hall–Kier alpha value is -0.620. The first kappa shape index (κ1) is 17.4. The number of hydrogen-bond donors (Lipinski definition) is 1. The molecule has 1 saturated heterocycles. The van der Waals surface area contributed by atoms with Gasteiger partial charge < -0.3 is 5.32 Å². The maximum Gasteiger partial charge on any atom is 0.243 e. The SMILES string of the molecule is CC(C)c1cccc(S(=O)(=O)N(C)C2CCNC2)c1.Cl. The van der Waals surface area contributed by atoms with Crippen molar-refractivity contribution in [2.24, 2.45) is 0 Å². The van der Waals surface area contributed by atoms with E-state index < -0.39 is 10.0 Å². The molecule has 1 unspecified atom stereocenters. The van der Waals surface area contributed by atoms with Gasteiger partial charge in [-0.1, -0.05) is 26.0 Å². The van der Waals surface area contributed by atoms with Gasteiger partial charge in [0.1, 0.15) is 0 Å². The number of rotatable bonds is 4. The van der Waals surface area contributed by atoms with Crippen LogP contribution in [0.2, 0.25) is 0 Å². The Morgan fingerprint density at radius 2 is 2.05 bits per heavy atom. The molecule has 1 aliphatic heterocycles. The van der Waals surface area contributed by atoms with Gasteiger partial charge in [-0.3, -0.25) is 0 Å². The van der Waals surface area contributed by atoms with Crippen LogP contribution in [0.5, 0.6) is 0 Å². The summed E-state index contributed by atoms with van der Waals surface area (Å²) in [6, 6.07) is 7.33. The van der Waals surface area contributed by atoms with Gasteiger partial charge in [0, 0.05) is 19.6 Å². The van der Waals surface area contributed by atoms with Crippen molar-refractivity contribution >= 4 is 22.4 Å². The average molecular weight is 319 g/mol. The lowest BCUT2D eigenvalue weighted by Gasteiger charge is -2.23. The molecule has 1 aromatic carbocycles. The molecule has 0 aromatic heterocycles. The van der Waals surface area contributed by atoms with Gasteiger partial charge in [-0.05, 0) is 36.6 Å². The zero-order valence-corrected chi connectivity index (χ0v) is 13.8. The second-order valence-electron chi connectivity index (χ2n) is 5.40. The molecule has 0 aliphatic carbocycles. The van der Waals surface area contributed by atoms with Crippen molar-refractivity contribution in [3.63, 3.8) is 0 Å². The highest BCUT2D eigenvalue weighted by Gasteiger charge is 2.30. The maximum absolute atomic E-state index is 12.6. The van der Waals surface area contributed by atoms with E-state index >= 15 is 0 Å². The van der Waals surface area contributed by atoms with Gasteiger partial charge in [-0.2, -0.15) is 4.31 Å². The van der Waals surface area contributed by atoms with E-state index in [2.05, 4.69) is 19.2 Å². The molecule has 114 valence electrons. The van der Waals surface area contributed by atoms with Crippen molar-refractivity contribution in [3.8, 4) is 0 Å². The van der Waals surface area contributed by atoms with E-state index in [4.69, 9.17) is 0 Å². The summed E-state index contributed by atoms with van der Waals surface area (Å²) in [5.74, 6) is 0.327. The Morgan fingerprint density at radius 1 is 1.35 bits per heavy atom. The second kappa shape index (κ2) is 6.89. The summed E-state index contributed by atoms with van der Waals surface area (Å²) in [7, 11) is -1.71. The summed E-state index contributed by atoms with van der Waals surface area (Å²) in [6.45, 7) is 5.75. The zero-order chi connectivity index (χ0) is 14.0. The van der Waals surface area contributed by atoms with Gasteiger partial charge in [0.2, 0.25) is 10.0 Å². The van der Waals surface area contributed by atoms with Crippen LogP contribution in [0.3, 0.4) is 0 Å². The molecule has 0 bridgehead atoms. The predicted molar refractivity (Wildman–Crippen MR) is 84.0 cm³/mol. The van der Waals surface area contributed by atoms with Crippen molar-refractivity contribution in [2.45, 2.75) is 37.1 Å². The molecule has 1 heterocycles. The highest BCUT2D eigenvalue weighted by Crippen LogP contribution is 2.23. The minimum atomic E-state index is -3.39. The van der Waals surface area contributed by atoms with E-state index in [0.717, 1.165) is 25.1 Å². The van der Waals surface area contributed by atoms with Crippen LogP contribution in [0.1, 0.15) is 31.7 Å². The third-order valence-electron chi connectivity index (χ3n) is 3.75. The number of sulfonamides is 1. The van der Waals surface area contributed by atoms with Gasteiger partial charge >= 0.3 is 0 Å². The van der Waals surface area contributed by atoms with Crippen molar-refractivity contribution < 1.29 is 8.42 Å². The Balaban J connectivity index is 0.00000200. The summed E-state index contributed by atoms with van der Waals surface area (Å²) >= 11 is 0. The van der Waals surface area contributed by atoms with Crippen LogP contribution >= 0.6 is 12.4 Å². The molecule has 6 heteroatoms. The average Bonchev–Trinajstić information content (AvgIpc) is 2.91. The van der Waals surface area contributed by atoms with Crippen LogP contribution in [-0.4, -0.2) is 38.9 Å². The molecule has 2 rings (SSSR count). The lowest BCUT2D eigenvalue weighted by atomic mass is 10.0. The normalized spacial score (nSPS) is 19.4. The molecular weight excluding hydrogens is 296 g/mol. The van der Waals surface area contributed by atoms with E-state index in [9.17, 15) is 8.42 Å². The molecule has 1 atom stereocenters. The molecule has 0 amide bonds. The molecule has 0 saturated carbocycles. The minimum absolute atomic E-state index is 0. The van der Waals surface area contributed by atoms with Crippen LogP contribution in [0, 0.1) is 0 Å². The van der Waals surface area contributed by atoms with Crippen LogP contribution < -0.4 is 5.32 Å². The summed E-state index contributed by atoms with van der Waals surface area (Å²) in [4.78, 5) is 0.396. The molecule has 1 fully saturated rings. The topological polar surface area (TPSA) is 49.4 Å². The summed E-state index contributed by atoms with van der Waals surface area (Å²) in [5, 5.41) is 3.20. The molecule has 1 aromatic rings. The van der Waals surface area contributed by atoms with Crippen molar-refractivity contribution in [1.82, 2.24) is 9.62 Å². The minimum Gasteiger partial charge on any atom is -0.315 e. The molecular formula is C14H23ClN2O2S. The van der Waals surface area contributed by atoms with Crippen molar-refractivity contribution in [2.75, 3.05) is 20.1 Å². The first-order valence-electron chi connectivity index (χ1n) is 6.71. The number of likely N-dealkylation sites (N-methyl/N-ethyl adjacent to an activating group) is 1. The standard InChI is InChI=1S/C14H22N2O2S.ClH/c1-11(2)12-5-4-6-14(9-12)19(17,18)16(3)13-7-8-15-10-13;/h4-6,9,11,13,15H,7-8,10H2,1-3H3;1H. The fourth-order valence-corrected chi connectivity index (χ4v) is 3.79. The van der Waals surface area contributed by atoms with Gasteiger partial charge in [-0.15, -0.1) is 12.4 Å². The molecule has 0 spiro atoms. The predicted octanol–water partition coefficient (Wildman–Crippen LogP) is 2.21. The van der Waals surface area contributed by atoms with Crippen LogP contribution in [0.4, 0.5) is 0 Å². The van der Waals surface area contributed by atoms with E-state index in [1.165, 1.54) is 4.31 Å².